The van der Waals surface area contributed by atoms with Gasteiger partial charge in [-0.05, 0) is 156 Å². The summed E-state index contributed by atoms with van der Waals surface area (Å²) in [6, 6.07) is 54.0. The topological polar surface area (TPSA) is 164 Å². The molecule has 0 unspecified atom stereocenters. The molecule has 8 rings (SSSR count). The van der Waals surface area contributed by atoms with E-state index < -0.39 is 21.3 Å². The zero-order chi connectivity index (χ0) is 51.2. The van der Waals surface area contributed by atoms with Gasteiger partial charge in [0.2, 0.25) is 0 Å². The predicted octanol–water partition coefficient (Wildman–Crippen LogP) is 16.7. The van der Waals surface area contributed by atoms with Crippen molar-refractivity contribution in [2.24, 2.45) is 0 Å². The van der Waals surface area contributed by atoms with E-state index in [0.717, 1.165) is 28.5 Å². The second-order valence-corrected chi connectivity index (χ2v) is 20.0. The van der Waals surface area contributed by atoms with Crippen LogP contribution in [0.15, 0.2) is 192 Å². The van der Waals surface area contributed by atoms with Gasteiger partial charge < -0.3 is 18.9 Å². The van der Waals surface area contributed by atoms with Gasteiger partial charge >= 0.3 is 0 Å². The fraction of sp³-hybridized carbons (Fsp3) is 0.194. The van der Waals surface area contributed by atoms with Crippen LogP contribution in [-0.2, 0) is 30.3 Å². The second-order valence-electron chi connectivity index (χ2n) is 17.9. The molecule has 0 aromatic heterocycles. The average Bonchev–Trinajstić information content (AvgIpc) is 3.38. The van der Waals surface area contributed by atoms with Gasteiger partial charge in [0.1, 0.15) is 40.2 Å². The fourth-order valence-electron chi connectivity index (χ4n) is 8.11. The van der Waals surface area contributed by atoms with Crippen LogP contribution in [0.4, 0.5) is 0 Å². The number of benzene rings is 8. The molecule has 0 bridgehead atoms. The van der Waals surface area contributed by atoms with Gasteiger partial charge in [-0.2, -0.15) is 8.42 Å². The summed E-state index contributed by atoms with van der Waals surface area (Å²) < 4.78 is 61.8. The number of ketones is 2. The maximum Gasteiger partial charge on any atom is 0.294 e. The van der Waals surface area contributed by atoms with Crippen molar-refractivity contribution < 1.29 is 56.1 Å². The first-order valence-corrected chi connectivity index (χ1v) is 24.8. The second kappa shape index (κ2) is 25.8. The largest absolute Gasteiger partial charge is 0.497 e. The quantitative estimate of drug-likeness (QED) is 0.0259. The number of carbonyl (C=O) groups is 2. The van der Waals surface area contributed by atoms with Crippen LogP contribution in [0.2, 0.25) is 0 Å². The third kappa shape index (κ3) is 14.0. The van der Waals surface area contributed by atoms with E-state index >= 15 is 0 Å². The predicted molar refractivity (Wildman–Crippen MR) is 302 cm³/mol. The molecule has 0 heterocycles. The number of rotatable bonds is 19. The maximum atomic E-state index is 13.4. The molecule has 2 N–H and O–H groups in total. The molecule has 76 heavy (non-hydrogen) atoms. The zero-order valence-corrected chi connectivity index (χ0v) is 41.7. The molecule has 12 nitrogen and oxygen atoms in total. The van der Waals surface area contributed by atoms with Crippen LogP contribution in [0.5, 0.6) is 40.2 Å². The summed E-state index contributed by atoms with van der Waals surface area (Å²) in [7, 11) is -2.89. The standard InChI is InChI=1S/C58H50O12S2.4CH4/c1-37-7-8-41(36-54(37)72(62,63)64)56(60)40-13-34-52(53(35-40)71-70-69-61)68-51-32-20-45(21-33-51)58(4,5)44-18-30-50(31-19-44)67-48-24-11-39(12-25-48)55(59)38-9-22-47(23-10-38)66-49-28-16-43(17-29-49)57(2,3)42-14-26-46(65-6)27-15-42;;;;/h7-36,61H,1-6H3,(H,62,63,64);4*1H4. The highest BCUT2D eigenvalue weighted by Gasteiger charge is 2.25. The number of carbonyl (C=O) groups excluding carboxylic acids is 2. The van der Waals surface area contributed by atoms with Gasteiger partial charge in [0.25, 0.3) is 10.1 Å². The van der Waals surface area contributed by atoms with Gasteiger partial charge in [-0.1, -0.05) is 123 Å². The molecule has 0 atom stereocenters. The van der Waals surface area contributed by atoms with E-state index in [-0.39, 0.29) is 73.1 Å². The number of hydrogen-bond donors (Lipinski definition) is 2. The summed E-state index contributed by atoms with van der Waals surface area (Å²) >= 11 is 0.596. The molecular weight excluding hydrogens is 1000 g/mol. The molecule has 14 heteroatoms. The van der Waals surface area contributed by atoms with Crippen molar-refractivity contribution in [3.8, 4) is 40.2 Å². The Kier molecular flexibility index (Phi) is 20.7. The Morgan fingerprint density at radius 3 is 1.17 bits per heavy atom. The molecular formula is C62H66O12S2. The summed E-state index contributed by atoms with van der Waals surface area (Å²) in [5.41, 5.74) is 5.24. The van der Waals surface area contributed by atoms with Crippen LogP contribution >= 0.6 is 12.0 Å². The van der Waals surface area contributed by atoms with Gasteiger partial charge in [0.05, 0.1) is 28.9 Å². The number of methoxy groups -OCH3 is 1. The lowest BCUT2D eigenvalue weighted by Crippen LogP contribution is -2.18. The molecule has 398 valence electrons. The molecule has 0 saturated heterocycles. The monoisotopic (exact) mass is 1070 g/mol. The first kappa shape index (κ1) is 61.0. The van der Waals surface area contributed by atoms with Crippen LogP contribution in [-0.4, -0.2) is 36.9 Å². The minimum absolute atomic E-state index is 0. The molecule has 0 fully saturated rings. The summed E-state index contributed by atoms with van der Waals surface area (Å²) in [4.78, 5) is 26.7. The number of aryl methyl sites for hydroxylation is 1. The van der Waals surface area contributed by atoms with Crippen molar-refractivity contribution >= 4 is 33.7 Å². The van der Waals surface area contributed by atoms with E-state index in [9.17, 15) is 22.6 Å². The van der Waals surface area contributed by atoms with Crippen LogP contribution in [0.25, 0.3) is 0 Å². The Hall–Kier alpha value is -7.56. The van der Waals surface area contributed by atoms with E-state index in [1.54, 1.807) is 67.8 Å². The molecule has 0 saturated carbocycles. The van der Waals surface area contributed by atoms with E-state index in [0.29, 0.717) is 51.9 Å². The number of hydrogen-bond acceptors (Lipinski definition) is 12. The first-order valence-electron chi connectivity index (χ1n) is 22.6. The SMILES string of the molecule is C.C.C.C.COc1ccc(C(C)(C)c2ccc(Oc3ccc(C(=O)c4ccc(Oc5ccc(C(C)(C)c6ccc(Oc7ccc(C(=O)c8ccc(C)c(S(=O)(=O)O)c8)cc7SOOO)cc6)cc5)cc4)cc3)cc2)cc1. The van der Waals surface area contributed by atoms with Gasteiger partial charge in [0, 0.05) is 33.1 Å². The maximum absolute atomic E-state index is 13.4. The van der Waals surface area contributed by atoms with Crippen molar-refractivity contribution in [3.63, 3.8) is 0 Å². The summed E-state index contributed by atoms with van der Waals surface area (Å²) in [5.74, 6) is 3.44. The van der Waals surface area contributed by atoms with E-state index in [4.69, 9.17) is 24.2 Å². The highest BCUT2D eigenvalue weighted by molar-refractivity contribution is 7.94. The van der Waals surface area contributed by atoms with Gasteiger partial charge in [0.15, 0.2) is 11.6 Å². The lowest BCUT2D eigenvalue weighted by molar-refractivity contribution is -0.432. The average molecular weight is 1070 g/mol. The van der Waals surface area contributed by atoms with E-state index in [2.05, 4.69) is 61.3 Å². The molecule has 0 amide bonds. The molecule has 0 aliphatic heterocycles. The van der Waals surface area contributed by atoms with Crippen molar-refractivity contribution in [3.05, 3.63) is 232 Å². The van der Waals surface area contributed by atoms with Crippen LogP contribution in [0.3, 0.4) is 0 Å². The van der Waals surface area contributed by atoms with Crippen molar-refractivity contribution in [1.82, 2.24) is 0 Å². The zero-order valence-electron chi connectivity index (χ0n) is 40.1. The Labute approximate surface area is 452 Å². The van der Waals surface area contributed by atoms with E-state index in [1.165, 1.54) is 42.8 Å². The van der Waals surface area contributed by atoms with Gasteiger partial charge in [-0.15, -0.1) is 4.33 Å². The Bertz CT molecular complexity index is 3320. The highest BCUT2D eigenvalue weighted by atomic mass is 32.2. The van der Waals surface area contributed by atoms with Crippen molar-refractivity contribution in [1.29, 1.82) is 0 Å². The van der Waals surface area contributed by atoms with Gasteiger partial charge in [-0.3, -0.25) is 14.1 Å². The fourth-order valence-corrected chi connectivity index (χ4v) is 9.33. The van der Waals surface area contributed by atoms with Crippen LogP contribution in [0.1, 0.15) is 117 Å². The third-order valence-electron chi connectivity index (χ3n) is 12.6. The minimum atomic E-state index is -4.55. The number of ether oxygens (including phenoxy) is 4. The van der Waals surface area contributed by atoms with E-state index in [1.807, 2.05) is 60.7 Å². The Balaban J connectivity index is 0.00000312. The lowest BCUT2D eigenvalue weighted by atomic mass is 9.78. The molecule has 8 aromatic carbocycles. The van der Waals surface area contributed by atoms with Gasteiger partial charge in [-0.25, -0.2) is 5.26 Å². The molecule has 0 aliphatic rings. The minimum Gasteiger partial charge on any atom is -0.497 e. The first-order chi connectivity index (χ1) is 34.4. The highest BCUT2D eigenvalue weighted by Crippen LogP contribution is 2.39. The summed E-state index contributed by atoms with van der Waals surface area (Å²) in [5, 5.41) is 12.7. The molecule has 0 spiro atoms. The molecule has 0 radical (unpaired) electrons. The molecule has 8 aromatic rings. The van der Waals surface area contributed by atoms with Crippen LogP contribution in [0, 0.1) is 6.92 Å². The smallest absolute Gasteiger partial charge is 0.294 e. The Morgan fingerprint density at radius 2 is 0.789 bits per heavy atom. The Morgan fingerprint density at radius 1 is 0.461 bits per heavy atom. The van der Waals surface area contributed by atoms with Crippen LogP contribution < -0.4 is 18.9 Å². The summed E-state index contributed by atoms with van der Waals surface area (Å²) in [6.07, 6.45) is 0. The van der Waals surface area contributed by atoms with Crippen molar-refractivity contribution in [2.45, 2.75) is 84.9 Å². The molecule has 0 aliphatic carbocycles. The normalized spacial score (nSPS) is 11.1. The third-order valence-corrected chi connectivity index (χ3v) is 14.2. The summed E-state index contributed by atoms with van der Waals surface area (Å²) in [6.45, 7) is 10.1. The lowest BCUT2D eigenvalue weighted by Gasteiger charge is -2.26. The van der Waals surface area contributed by atoms with Crippen molar-refractivity contribution in [2.75, 3.05) is 7.11 Å².